The maximum Gasteiger partial charge on any atom is 0.263 e. The van der Waals surface area contributed by atoms with Crippen molar-refractivity contribution in [2.24, 2.45) is 0 Å². The molecule has 0 fully saturated rings. The van der Waals surface area contributed by atoms with Gasteiger partial charge in [-0.05, 0) is 48.0 Å². The molecule has 0 unspecified atom stereocenters. The number of nitrogens with zero attached hydrogens (tertiary/aromatic N) is 1. The molecule has 0 bridgehead atoms. The number of hydrogen-bond acceptors (Lipinski definition) is 4. The monoisotopic (exact) mass is 296 g/mol. The molecule has 2 rings (SSSR count). The number of rotatable bonds is 4. The first-order chi connectivity index (χ1) is 8.99. The molecule has 1 aromatic carbocycles. The minimum absolute atomic E-state index is 0.0625. The van der Waals surface area contributed by atoms with Gasteiger partial charge in [-0.3, -0.25) is 14.5 Å². The predicted octanol–water partition coefficient (Wildman–Crippen LogP) is 2.26. The summed E-state index contributed by atoms with van der Waals surface area (Å²) in [5, 5.41) is -0.596. The number of anilines is 1. The molecule has 0 atom stereocenters. The van der Waals surface area contributed by atoms with Gasteiger partial charge in [0, 0.05) is 23.6 Å². The molecule has 2 aromatic rings. The van der Waals surface area contributed by atoms with Crippen molar-refractivity contribution < 1.29 is 13.2 Å². The molecule has 0 amide bonds. The van der Waals surface area contributed by atoms with Gasteiger partial charge in [0.15, 0.2) is 0 Å². The third kappa shape index (κ3) is 3.30. The first-order valence-corrected chi connectivity index (χ1v) is 7.08. The van der Waals surface area contributed by atoms with Gasteiger partial charge in [-0.15, -0.1) is 0 Å². The number of hydrogen-bond donors (Lipinski definition) is 1. The molecule has 0 spiro atoms. The molecule has 0 saturated heterocycles. The molecule has 0 saturated carbocycles. The summed E-state index contributed by atoms with van der Waals surface area (Å²) in [5.41, 5.74) is 0.636. The molecule has 19 heavy (non-hydrogen) atoms. The fourth-order valence-corrected chi connectivity index (χ4v) is 2.54. The first kappa shape index (κ1) is 13.5. The van der Waals surface area contributed by atoms with Gasteiger partial charge in [-0.1, -0.05) is 0 Å². The van der Waals surface area contributed by atoms with E-state index in [1.807, 2.05) is 0 Å². The Morgan fingerprint density at radius 2 is 1.84 bits per heavy atom. The van der Waals surface area contributed by atoms with Crippen LogP contribution in [-0.4, -0.2) is 18.6 Å². The van der Waals surface area contributed by atoms with Crippen molar-refractivity contribution in [3.8, 4) is 0 Å². The van der Waals surface area contributed by atoms with Crippen molar-refractivity contribution in [1.29, 1.82) is 0 Å². The maximum absolute atomic E-state index is 12.0. The van der Waals surface area contributed by atoms with Gasteiger partial charge < -0.3 is 0 Å². The van der Waals surface area contributed by atoms with Crippen molar-refractivity contribution in [3.63, 3.8) is 0 Å². The lowest BCUT2D eigenvalue weighted by Crippen LogP contribution is -2.13. The molecule has 7 heteroatoms. The van der Waals surface area contributed by atoms with Crippen molar-refractivity contribution in [1.82, 2.24) is 4.98 Å². The molecule has 98 valence electrons. The lowest BCUT2D eigenvalue weighted by Gasteiger charge is -2.07. The molecular weight excluding hydrogens is 288 g/mol. The Labute approximate surface area is 115 Å². The van der Waals surface area contributed by atoms with Crippen LogP contribution in [0.3, 0.4) is 0 Å². The lowest BCUT2D eigenvalue weighted by molar-refractivity contribution is 0.108. The van der Waals surface area contributed by atoms with Crippen LogP contribution in [0.2, 0.25) is 0 Å². The van der Waals surface area contributed by atoms with Crippen LogP contribution in [0.25, 0.3) is 0 Å². The van der Waals surface area contributed by atoms with E-state index in [4.69, 9.17) is 11.6 Å². The van der Waals surface area contributed by atoms with Gasteiger partial charge >= 0.3 is 0 Å². The summed E-state index contributed by atoms with van der Waals surface area (Å²) in [4.78, 5) is 14.7. The largest absolute Gasteiger partial charge is 0.280 e. The van der Waals surface area contributed by atoms with E-state index in [9.17, 15) is 13.2 Å². The summed E-state index contributed by atoms with van der Waals surface area (Å²) in [5.74, 6) is 0. The molecule has 0 aliphatic heterocycles. The number of pyridine rings is 1. The van der Waals surface area contributed by atoms with Gasteiger partial charge in [0.2, 0.25) is 0 Å². The SMILES string of the molecule is O=C(Cl)c1ccc(NS(=O)(=O)c2cccnc2)cc1. The average Bonchev–Trinajstić information content (AvgIpc) is 2.40. The van der Waals surface area contributed by atoms with E-state index < -0.39 is 15.3 Å². The van der Waals surface area contributed by atoms with Gasteiger partial charge in [0.05, 0.1) is 0 Å². The maximum atomic E-state index is 12.0. The van der Waals surface area contributed by atoms with E-state index in [1.54, 1.807) is 0 Å². The van der Waals surface area contributed by atoms with Crippen molar-refractivity contribution in [3.05, 3.63) is 54.4 Å². The standard InChI is InChI=1S/C12H9ClN2O3S/c13-12(16)9-3-5-10(6-4-9)15-19(17,18)11-2-1-7-14-8-11/h1-8,15H. The van der Waals surface area contributed by atoms with Crippen LogP contribution in [0.5, 0.6) is 0 Å². The molecular formula is C12H9ClN2O3S. The molecule has 0 aliphatic rings. The molecule has 5 nitrogen and oxygen atoms in total. The Morgan fingerprint density at radius 3 is 2.37 bits per heavy atom. The third-order valence-electron chi connectivity index (χ3n) is 2.31. The normalized spacial score (nSPS) is 11.0. The number of aromatic nitrogens is 1. The van der Waals surface area contributed by atoms with Crippen LogP contribution in [0.4, 0.5) is 5.69 Å². The van der Waals surface area contributed by atoms with Gasteiger partial charge in [0.1, 0.15) is 4.90 Å². The van der Waals surface area contributed by atoms with Crippen molar-refractivity contribution in [2.75, 3.05) is 4.72 Å². The highest BCUT2D eigenvalue weighted by atomic mass is 35.5. The van der Waals surface area contributed by atoms with Crippen molar-refractivity contribution >= 4 is 32.6 Å². The zero-order valence-electron chi connectivity index (χ0n) is 9.58. The highest BCUT2D eigenvalue weighted by Crippen LogP contribution is 2.16. The van der Waals surface area contributed by atoms with E-state index in [0.29, 0.717) is 11.3 Å². The molecule has 1 N–H and O–H groups in total. The second-order valence-electron chi connectivity index (χ2n) is 3.65. The molecule has 1 heterocycles. The Kier molecular flexibility index (Phi) is 3.82. The van der Waals surface area contributed by atoms with E-state index >= 15 is 0 Å². The summed E-state index contributed by atoms with van der Waals surface area (Å²) >= 11 is 5.30. The van der Waals surface area contributed by atoms with E-state index in [2.05, 4.69) is 9.71 Å². The van der Waals surface area contributed by atoms with Gasteiger partial charge in [-0.25, -0.2) is 8.42 Å². The number of carbonyl (C=O) groups is 1. The summed E-state index contributed by atoms with van der Waals surface area (Å²) in [6.45, 7) is 0. The smallest absolute Gasteiger partial charge is 0.263 e. The van der Waals surface area contributed by atoms with Crippen LogP contribution in [0.15, 0.2) is 53.7 Å². The highest BCUT2D eigenvalue weighted by Gasteiger charge is 2.14. The minimum atomic E-state index is -3.68. The lowest BCUT2D eigenvalue weighted by atomic mass is 10.2. The zero-order valence-corrected chi connectivity index (χ0v) is 11.1. The number of carbonyl (C=O) groups excluding carboxylic acids is 1. The number of benzene rings is 1. The number of nitrogens with one attached hydrogen (secondary N) is 1. The fraction of sp³-hybridized carbons (Fsp3) is 0. The topological polar surface area (TPSA) is 76.1 Å². The number of halogens is 1. The quantitative estimate of drug-likeness (QED) is 0.878. The Morgan fingerprint density at radius 1 is 1.16 bits per heavy atom. The van der Waals surface area contributed by atoms with Crippen LogP contribution < -0.4 is 4.72 Å². The second-order valence-corrected chi connectivity index (χ2v) is 5.67. The minimum Gasteiger partial charge on any atom is -0.280 e. The van der Waals surface area contributed by atoms with Crippen LogP contribution in [0, 0.1) is 0 Å². The summed E-state index contributed by atoms with van der Waals surface area (Å²) in [7, 11) is -3.68. The van der Waals surface area contributed by atoms with E-state index in [1.165, 1.54) is 48.8 Å². The van der Waals surface area contributed by atoms with E-state index in [-0.39, 0.29) is 4.90 Å². The predicted molar refractivity (Wildman–Crippen MR) is 71.7 cm³/mol. The zero-order chi connectivity index (χ0) is 13.9. The molecule has 0 aliphatic carbocycles. The second kappa shape index (κ2) is 5.38. The summed E-state index contributed by atoms with van der Waals surface area (Å²) in [6.07, 6.45) is 2.74. The van der Waals surface area contributed by atoms with Crippen LogP contribution in [0.1, 0.15) is 10.4 Å². The van der Waals surface area contributed by atoms with Gasteiger partial charge in [-0.2, -0.15) is 0 Å². The van der Waals surface area contributed by atoms with Crippen molar-refractivity contribution in [2.45, 2.75) is 4.90 Å². The average molecular weight is 297 g/mol. The molecule has 0 radical (unpaired) electrons. The highest BCUT2D eigenvalue weighted by molar-refractivity contribution is 7.92. The van der Waals surface area contributed by atoms with E-state index in [0.717, 1.165) is 0 Å². The third-order valence-corrected chi connectivity index (χ3v) is 3.89. The Balaban J connectivity index is 2.24. The van der Waals surface area contributed by atoms with Gasteiger partial charge in [0.25, 0.3) is 15.3 Å². The Hall–Kier alpha value is -1.92. The first-order valence-electron chi connectivity index (χ1n) is 5.22. The fourth-order valence-electron chi connectivity index (χ4n) is 1.39. The summed E-state index contributed by atoms with van der Waals surface area (Å²) < 4.78 is 26.3. The van der Waals surface area contributed by atoms with Crippen LogP contribution >= 0.6 is 11.6 Å². The Bertz CT molecular complexity index is 685. The molecule has 1 aromatic heterocycles. The van der Waals surface area contributed by atoms with Crippen LogP contribution in [-0.2, 0) is 10.0 Å². The summed E-state index contributed by atoms with van der Waals surface area (Å²) in [6, 6.07) is 8.77. The number of sulfonamides is 1.